The Balaban J connectivity index is 1.85. The SMILES string of the molecule is O=C(/C=C/c1ccc(F)c(F)c1)NNC(=O)/C=C/c1ccc(Cl)c(Cl)c1. The molecule has 0 atom stereocenters. The van der Waals surface area contributed by atoms with Crippen LogP contribution in [0.25, 0.3) is 12.2 Å². The van der Waals surface area contributed by atoms with Crippen molar-refractivity contribution in [1.82, 2.24) is 10.9 Å². The van der Waals surface area contributed by atoms with Crippen LogP contribution in [0.3, 0.4) is 0 Å². The standard InChI is InChI=1S/C18H12Cl2F2N2O2/c19-13-5-1-11(9-14(13)20)3-7-17(25)23-24-18(26)8-4-12-2-6-15(21)16(22)10-12/h1-10H,(H,23,25)(H,24,26)/b7-3+,8-4+. The summed E-state index contributed by atoms with van der Waals surface area (Å²) in [6.45, 7) is 0. The van der Waals surface area contributed by atoms with Gasteiger partial charge in [0.1, 0.15) is 0 Å². The first-order chi connectivity index (χ1) is 12.3. The molecule has 0 unspecified atom stereocenters. The largest absolute Gasteiger partial charge is 0.268 e. The zero-order valence-electron chi connectivity index (χ0n) is 13.1. The summed E-state index contributed by atoms with van der Waals surface area (Å²) in [5, 5.41) is 0.748. The molecule has 0 saturated heterocycles. The van der Waals surface area contributed by atoms with Crippen LogP contribution in [0.5, 0.6) is 0 Å². The lowest BCUT2D eigenvalue weighted by Crippen LogP contribution is -2.39. The van der Waals surface area contributed by atoms with Gasteiger partial charge in [-0.05, 0) is 47.5 Å². The lowest BCUT2D eigenvalue weighted by Gasteiger charge is -2.02. The van der Waals surface area contributed by atoms with Crippen molar-refractivity contribution in [2.75, 3.05) is 0 Å². The van der Waals surface area contributed by atoms with E-state index < -0.39 is 23.4 Å². The third kappa shape index (κ3) is 5.98. The summed E-state index contributed by atoms with van der Waals surface area (Å²) in [5.74, 6) is -3.22. The fraction of sp³-hybridized carbons (Fsp3) is 0. The fourth-order valence-corrected chi connectivity index (χ4v) is 2.09. The van der Waals surface area contributed by atoms with E-state index in [1.54, 1.807) is 18.2 Å². The van der Waals surface area contributed by atoms with E-state index in [0.29, 0.717) is 21.2 Å². The van der Waals surface area contributed by atoms with Crippen molar-refractivity contribution in [3.8, 4) is 0 Å². The average Bonchev–Trinajstić information content (AvgIpc) is 2.62. The average molecular weight is 397 g/mol. The van der Waals surface area contributed by atoms with Gasteiger partial charge in [-0.2, -0.15) is 0 Å². The quantitative estimate of drug-likeness (QED) is 0.602. The topological polar surface area (TPSA) is 58.2 Å². The first-order valence-corrected chi connectivity index (χ1v) is 7.97. The fourth-order valence-electron chi connectivity index (χ4n) is 1.78. The lowest BCUT2D eigenvalue weighted by molar-refractivity contribution is -0.123. The zero-order chi connectivity index (χ0) is 19.1. The second kappa shape index (κ2) is 9.12. The first-order valence-electron chi connectivity index (χ1n) is 7.21. The summed E-state index contributed by atoms with van der Waals surface area (Å²) in [6.07, 6.45) is 5.02. The zero-order valence-corrected chi connectivity index (χ0v) is 14.6. The van der Waals surface area contributed by atoms with Gasteiger partial charge in [-0.3, -0.25) is 20.4 Å². The molecule has 0 spiro atoms. The third-order valence-corrected chi connectivity index (χ3v) is 3.79. The van der Waals surface area contributed by atoms with Gasteiger partial charge < -0.3 is 0 Å². The molecule has 0 bridgehead atoms. The number of rotatable bonds is 4. The minimum absolute atomic E-state index is 0.296. The Morgan fingerprint density at radius 2 is 1.31 bits per heavy atom. The summed E-state index contributed by atoms with van der Waals surface area (Å²) in [7, 11) is 0. The van der Waals surface area contributed by atoms with E-state index in [1.807, 2.05) is 0 Å². The van der Waals surface area contributed by atoms with E-state index in [2.05, 4.69) is 10.9 Å². The summed E-state index contributed by atoms with van der Waals surface area (Å²) in [4.78, 5) is 23.2. The number of hydrogen-bond donors (Lipinski definition) is 2. The molecule has 0 aliphatic carbocycles. The van der Waals surface area contributed by atoms with Crippen LogP contribution in [0.2, 0.25) is 10.0 Å². The number of amides is 2. The van der Waals surface area contributed by atoms with Crippen LogP contribution in [-0.4, -0.2) is 11.8 Å². The molecule has 0 aliphatic heterocycles. The van der Waals surface area contributed by atoms with E-state index in [4.69, 9.17) is 23.2 Å². The van der Waals surface area contributed by atoms with Crippen molar-refractivity contribution in [2.45, 2.75) is 0 Å². The monoisotopic (exact) mass is 396 g/mol. The molecule has 0 heterocycles. The molecule has 0 fully saturated rings. The van der Waals surface area contributed by atoms with Gasteiger partial charge in [-0.1, -0.05) is 35.3 Å². The summed E-state index contributed by atoms with van der Waals surface area (Å²) in [6, 6.07) is 8.03. The highest BCUT2D eigenvalue weighted by molar-refractivity contribution is 6.42. The molecule has 0 saturated carbocycles. The molecule has 134 valence electrons. The number of carbonyl (C=O) groups excluding carboxylic acids is 2. The highest BCUT2D eigenvalue weighted by Crippen LogP contribution is 2.23. The van der Waals surface area contributed by atoms with Crippen molar-refractivity contribution in [1.29, 1.82) is 0 Å². The van der Waals surface area contributed by atoms with Crippen LogP contribution < -0.4 is 10.9 Å². The van der Waals surface area contributed by atoms with Crippen molar-refractivity contribution in [2.24, 2.45) is 0 Å². The molecule has 26 heavy (non-hydrogen) atoms. The van der Waals surface area contributed by atoms with Gasteiger partial charge >= 0.3 is 0 Å². The van der Waals surface area contributed by atoms with E-state index in [9.17, 15) is 18.4 Å². The van der Waals surface area contributed by atoms with Crippen LogP contribution in [0.1, 0.15) is 11.1 Å². The Labute approximate surface area is 158 Å². The number of carbonyl (C=O) groups is 2. The second-order valence-electron chi connectivity index (χ2n) is 4.99. The summed E-state index contributed by atoms with van der Waals surface area (Å²) >= 11 is 11.6. The molecule has 0 aliphatic rings. The number of benzene rings is 2. The predicted molar refractivity (Wildman–Crippen MR) is 97.2 cm³/mol. The summed E-state index contributed by atoms with van der Waals surface area (Å²) in [5.41, 5.74) is 5.26. The maximum Gasteiger partial charge on any atom is 0.262 e. The Kier molecular flexibility index (Phi) is 6.89. The Hall–Kier alpha value is -2.70. The van der Waals surface area contributed by atoms with Crippen molar-refractivity contribution in [3.05, 3.63) is 81.4 Å². The first kappa shape index (κ1) is 19.6. The Morgan fingerprint density at radius 1 is 0.769 bits per heavy atom. The molecular weight excluding hydrogens is 385 g/mol. The van der Waals surface area contributed by atoms with E-state index in [-0.39, 0.29) is 0 Å². The molecule has 2 N–H and O–H groups in total. The van der Waals surface area contributed by atoms with Crippen molar-refractivity contribution < 1.29 is 18.4 Å². The highest BCUT2D eigenvalue weighted by atomic mass is 35.5. The normalized spacial score (nSPS) is 11.1. The van der Waals surface area contributed by atoms with Gasteiger partial charge in [0.25, 0.3) is 11.8 Å². The molecule has 0 radical (unpaired) electrons. The molecule has 4 nitrogen and oxygen atoms in total. The summed E-state index contributed by atoms with van der Waals surface area (Å²) < 4.78 is 25.8. The molecule has 8 heteroatoms. The maximum absolute atomic E-state index is 13.0. The van der Waals surface area contributed by atoms with Crippen LogP contribution in [0.15, 0.2) is 48.6 Å². The Morgan fingerprint density at radius 3 is 1.85 bits per heavy atom. The van der Waals surface area contributed by atoms with E-state index >= 15 is 0 Å². The van der Waals surface area contributed by atoms with E-state index in [0.717, 1.165) is 18.2 Å². The van der Waals surface area contributed by atoms with Crippen LogP contribution in [0, 0.1) is 11.6 Å². The predicted octanol–water partition coefficient (Wildman–Crippen LogP) is 4.15. The smallest absolute Gasteiger partial charge is 0.262 e. The molecule has 2 rings (SSSR count). The number of hydrazine groups is 1. The van der Waals surface area contributed by atoms with Gasteiger partial charge in [0.15, 0.2) is 11.6 Å². The lowest BCUT2D eigenvalue weighted by atomic mass is 10.2. The highest BCUT2D eigenvalue weighted by Gasteiger charge is 2.02. The minimum Gasteiger partial charge on any atom is -0.268 e. The number of halogens is 4. The molecule has 2 aromatic carbocycles. The van der Waals surface area contributed by atoms with Crippen molar-refractivity contribution in [3.63, 3.8) is 0 Å². The van der Waals surface area contributed by atoms with Crippen LogP contribution >= 0.6 is 23.2 Å². The van der Waals surface area contributed by atoms with Gasteiger partial charge in [-0.15, -0.1) is 0 Å². The van der Waals surface area contributed by atoms with E-state index in [1.165, 1.54) is 24.3 Å². The second-order valence-corrected chi connectivity index (χ2v) is 5.81. The van der Waals surface area contributed by atoms with Gasteiger partial charge in [0.05, 0.1) is 10.0 Å². The van der Waals surface area contributed by atoms with Crippen molar-refractivity contribution >= 4 is 47.2 Å². The Bertz CT molecular complexity index is 825. The molecule has 0 aromatic heterocycles. The minimum atomic E-state index is -1.02. The molecular formula is C18H12Cl2F2N2O2. The van der Waals surface area contributed by atoms with Crippen LogP contribution in [0.4, 0.5) is 8.78 Å². The molecule has 2 amide bonds. The maximum atomic E-state index is 13.0. The number of nitrogens with one attached hydrogen (secondary N) is 2. The number of hydrogen-bond acceptors (Lipinski definition) is 2. The van der Waals surface area contributed by atoms with Gasteiger partial charge in [0, 0.05) is 12.2 Å². The van der Waals surface area contributed by atoms with Gasteiger partial charge in [-0.25, -0.2) is 8.78 Å². The van der Waals surface area contributed by atoms with Gasteiger partial charge in [0.2, 0.25) is 0 Å². The van der Waals surface area contributed by atoms with Crippen LogP contribution in [-0.2, 0) is 9.59 Å². The molecule has 2 aromatic rings. The third-order valence-electron chi connectivity index (χ3n) is 3.05.